The van der Waals surface area contributed by atoms with Gasteiger partial charge in [-0.05, 0) is 24.9 Å². The number of nitrogens with zero attached hydrogens (tertiary/aromatic N) is 1. The van der Waals surface area contributed by atoms with Gasteiger partial charge in [0.25, 0.3) is 0 Å². The van der Waals surface area contributed by atoms with E-state index in [-0.39, 0.29) is 6.04 Å². The number of likely N-dealkylation sites (tertiary alicyclic amines) is 1. The number of aliphatic hydroxyl groups excluding tert-OH is 3. The topological polar surface area (TPSA) is 63.9 Å². The highest BCUT2D eigenvalue weighted by molar-refractivity contribution is 5.14. The van der Waals surface area contributed by atoms with E-state index in [1.165, 1.54) is 5.56 Å². The van der Waals surface area contributed by atoms with Crippen molar-refractivity contribution in [2.45, 2.75) is 44.1 Å². The first-order chi connectivity index (χ1) is 9.22. The molecule has 0 saturated carbocycles. The molecule has 1 aliphatic rings. The van der Waals surface area contributed by atoms with Crippen LogP contribution in [0.25, 0.3) is 0 Å². The Morgan fingerprint density at radius 1 is 1.16 bits per heavy atom. The van der Waals surface area contributed by atoms with Crippen LogP contribution in [0, 0.1) is 0 Å². The quantitative estimate of drug-likeness (QED) is 0.735. The van der Waals surface area contributed by atoms with E-state index in [1.807, 2.05) is 18.2 Å². The standard InChI is InChI=1S/C15H23NO3/c17-11-14(18)15(19)13-8-4-5-9-16(13)10-12-6-2-1-3-7-12/h1-3,6-7,13-15,17-19H,4-5,8-11H2/t13-,14-,15-/m1/s1. The third-order valence-corrected chi connectivity index (χ3v) is 3.87. The monoisotopic (exact) mass is 265 g/mol. The second kappa shape index (κ2) is 7.01. The van der Waals surface area contributed by atoms with Gasteiger partial charge < -0.3 is 15.3 Å². The molecule has 106 valence electrons. The van der Waals surface area contributed by atoms with Gasteiger partial charge in [-0.1, -0.05) is 36.8 Å². The van der Waals surface area contributed by atoms with Gasteiger partial charge in [0.1, 0.15) is 6.10 Å². The van der Waals surface area contributed by atoms with Crippen molar-refractivity contribution in [3.63, 3.8) is 0 Å². The third-order valence-electron chi connectivity index (χ3n) is 3.87. The van der Waals surface area contributed by atoms with Crippen molar-refractivity contribution in [1.82, 2.24) is 4.90 Å². The van der Waals surface area contributed by atoms with E-state index in [4.69, 9.17) is 5.11 Å². The number of hydrogen-bond acceptors (Lipinski definition) is 4. The molecule has 4 heteroatoms. The summed E-state index contributed by atoms with van der Waals surface area (Å²) in [6.07, 6.45) is 1.11. The molecule has 1 fully saturated rings. The summed E-state index contributed by atoms with van der Waals surface area (Å²) in [5.74, 6) is 0. The van der Waals surface area contributed by atoms with Crippen molar-refractivity contribution >= 4 is 0 Å². The Hall–Kier alpha value is -0.940. The summed E-state index contributed by atoms with van der Waals surface area (Å²) >= 11 is 0. The molecule has 2 rings (SSSR count). The van der Waals surface area contributed by atoms with Crippen LogP contribution in [0.3, 0.4) is 0 Å². The molecular weight excluding hydrogens is 242 g/mol. The van der Waals surface area contributed by atoms with Crippen LogP contribution in [0.5, 0.6) is 0 Å². The molecule has 4 nitrogen and oxygen atoms in total. The Balaban J connectivity index is 2.03. The van der Waals surface area contributed by atoms with E-state index in [0.29, 0.717) is 0 Å². The highest BCUT2D eigenvalue weighted by Crippen LogP contribution is 2.23. The van der Waals surface area contributed by atoms with Crippen LogP contribution < -0.4 is 0 Å². The Kier molecular flexibility index (Phi) is 5.34. The van der Waals surface area contributed by atoms with Crippen molar-refractivity contribution in [3.05, 3.63) is 35.9 Å². The summed E-state index contributed by atoms with van der Waals surface area (Å²) in [5, 5.41) is 28.8. The number of rotatable bonds is 5. The third kappa shape index (κ3) is 3.76. The lowest BCUT2D eigenvalue weighted by Crippen LogP contribution is -2.51. The molecule has 1 aromatic carbocycles. The first kappa shape index (κ1) is 14.5. The fourth-order valence-electron chi connectivity index (χ4n) is 2.78. The van der Waals surface area contributed by atoms with E-state index in [0.717, 1.165) is 32.4 Å². The average molecular weight is 265 g/mol. The molecule has 1 aliphatic heterocycles. The number of hydrogen-bond donors (Lipinski definition) is 3. The van der Waals surface area contributed by atoms with Gasteiger partial charge in [0.2, 0.25) is 0 Å². The largest absolute Gasteiger partial charge is 0.394 e. The number of piperidine rings is 1. The lowest BCUT2D eigenvalue weighted by molar-refractivity contribution is -0.0699. The minimum atomic E-state index is -1.05. The number of benzene rings is 1. The van der Waals surface area contributed by atoms with Crippen molar-refractivity contribution in [2.75, 3.05) is 13.2 Å². The van der Waals surface area contributed by atoms with Crippen molar-refractivity contribution in [1.29, 1.82) is 0 Å². The zero-order chi connectivity index (χ0) is 13.7. The van der Waals surface area contributed by atoms with Crippen LogP contribution in [0.4, 0.5) is 0 Å². The molecule has 1 saturated heterocycles. The van der Waals surface area contributed by atoms with Gasteiger partial charge in [-0.15, -0.1) is 0 Å². The van der Waals surface area contributed by atoms with Gasteiger partial charge in [0.05, 0.1) is 12.7 Å². The summed E-state index contributed by atoms with van der Waals surface area (Å²) in [7, 11) is 0. The van der Waals surface area contributed by atoms with Gasteiger partial charge in [-0.3, -0.25) is 4.90 Å². The smallest absolute Gasteiger partial charge is 0.104 e. The molecule has 1 heterocycles. The molecular formula is C15H23NO3. The fourth-order valence-corrected chi connectivity index (χ4v) is 2.78. The fraction of sp³-hybridized carbons (Fsp3) is 0.600. The van der Waals surface area contributed by atoms with E-state index < -0.39 is 18.8 Å². The van der Waals surface area contributed by atoms with E-state index in [9.17, 15) is 10.2 Å². The van der Waals surface area contributed by atoms with Crippen LogP contribution >= 0.6 is 0 Å². The molecule has 0 aromatic heterocycles. The molecule has 0 amide bonds. The zero-order valence-corrected chi connectivity index (χ0v) is 11.2. The normalized spacial score (nSPS) is 24.1. The maximum absolute atomic E-state index is 10.1. The first-order valence-corrected chi connectivity index (χ1v) is 6.97. The highest BCUT2D eigenvalue weighted by Gasteiger charge is 2.32. The van der Waals surface area contributed by atoms with Crippen LogP contribution in [0.15, 0.2) is 30.3 Å². The van der Waals surface area contributed by atoms with E-state index in [1.54, 1.807) is 0 Å². The molecule has 1 aromatic rings. The van der Waals surface area contributed by atoms with Gasteiger partial charge in [-0.25, -0.2) is 0 Å². The van der Waals surface area contributed by atoms with Gasteiger partial charge in [0, 0.05) is 12.6 Å². The van der Waals surface area contributed by atoms with Crippen LogP contribution in [-0.2, 0) is 6.54 Å². The average Bonchev–Trinajstić information content (AvgIpc) is 2.47. The second-order valence-corrected chi connectivity index (χ2v) is 5.26. The molecule has 3 N–H and O–H groups in total. The Morgan fingerprint density at radius 3 is 2.58 bits per heavy atom. The number of aliphatic hydroxyl groups is 3. The second-order valence-electron chi connectivity index (χ2n) is 5.26. The van der Waals surface area contributed by atoms with Gasteiger partial charge in [0.15, 0.2) is 0 Å². The predicted octanol–water partition coefficient (Wildman–Crippen LogP) is 0.755. The first-order valence-electron chi connectivity index (χ1n) is 6.97. The minimum absolute atomic E-state index is 0.0730. The maximum Gasteiger partial charge on any atom is 0.104 e. The highest BCUT2D eigenvalue weighted by atomic mass is 16.4. The van der Waals surface area contributed by atoms with E-state index in [2.05, 4.69) is 17.0 Å². The molecule has 0 bridgehead atoms. The zero-order valence-electron chi connectivity index (χ0n) is 11.2. The predicted molar refractivity (Wildman–Crippen MR) is 73.6 cm³/mol. The van der Waals surface area contributed by atoms with Crippen LogP contribution in [-0.4, -0.2) is 51.6 Å². The van der Waals surface area contributed by atoms with Gasteiger partial charge >= 0.3 is 0 Å². The van der Waals surface area contributed by atoms with Crippen molar-refractivity contribution < 1.29 is 15.3 Å². The minimum Gasteiger partial charge on any atom is -0.394 e. The maximum atomic E-state index is 10.1. The van der Waals surface area contributed by atoms with E-state index >= 15 is 0 Å². The molecule has 19 heavy (non-hydrogen) atoms. The Bertz CT molecular complexity index is 371. The van der Waals surface area contributed by atoms with Crippen LogP contribution in [0.1, 0.15) is 24.8 Å². The molecule has 0 aliphatic carbocycles. The van der Waals surface area contributed by atoms with Gasteiger partial charge in [-0.2, -0.15) is 0 Å². The molecule has 0 unspecified atom stereocenters. The Morgan fingerprint density at radius 2 is 1.89 bits per heavy atom. The van der Waals surface area contributed by atoms with Crippen molar-refractivity contribution in [2.24, 2.45) is 0 Å². The van der Waals surface area contributed by atoms with Crippen molar-refractivity contribution in [3.8, 4) is 0 Å². The molecule has 3 atom stereocenters. The lowest BCUT2D eigenvalue weighted by atomic mass is 9.94. The molecule has 0 radical (unpaired) electrons. The SMILES string of the molecule is OC[C@@H](O)[C@H](O)[C@H]1CCCCN1Cc1ccccc1. The molecule has 0 spiro atoms. The Labute approximate surface area is 114 Å². The summed E-state index contributed by atoms with van der Waals surface area (Å²) in [6.45, 7) is 1.31. The van der Waals surface area contributed by atoms with Crippen LogP contribution in [0.2, 0.25) is 0 Å². The lowest BCUT2D eigenvalue weighted by Gasteiger charge is -2.39. The summed E-state index contributed by atoms with van der Waals surface area (Å²) in [4.78, 5) is 2.21. The summed E-state index contributed by atoms with van der Waals surface area (Å²) in [5.41, 5.74) is 1.21. The summed E-state index contributed by atoms with van der Waals surface area (Å²) in [6, 6.07) is 10.1. The summed E-state index contributed by atoms with van der Waals surface area (Å²) < 4.78 is 0.